The lowest BCUT2D eigenvalue weighted by atomic mass is 9.99. The number of halogens is 3. The smallest absolute Gasteiger partial charge is 0.416 e. The molecule has 0 aliphatic rings. The second kappa shape index (κ2) is 9.21. The molecule has 35 heavy (non-hydrogen) atoms. The molecule has 0 amide bonds. The Balaban J connectivity index is 1.91. The molecular formula is C25H20F3NO6. The van der Waals surface area contributed by atoms with E-state index in [-0.39, 0.29) is 16.7 Å². The molecule has 0 aliphatic carbocycles. The molecule has 10 heteroatoms. The first-order valence-electron chi connectivity index (χ1n) is 10.2. The maximum atomic E-state index is 13.6. The van der Waals surface area contributed by atoms with Gasteiger partial charge in [-0.3, -0.25) is 4.98 Å². The van der Waals surface area contributed by atoms with Crippen LogP contribution in [-0.4, -0.2) is 39.4 Å². The average molecular weight is 487 g/mol. The Kier molecular flexibility index (Phi) is 6.29. The van der Waals surface area contributed by atoms with Crippen molar-refractivity contribution in [2.45, 2.75) is 6.18 Å². The van der Waals surface area contributed by atoms with E-state index in [0.29, 0.717) is 39.7 Å². The van der Waals surface area contributed by atoms with Crippen LogP contribution in [0.25, 0.3) is 33.6 Å². The number of benzene rings is 2. The van der Waals surface area contributed by atoms with Crippen LogP contribution in [0.4, 0.5) is 13.2 Å². The third kappa shape index (κ3) is 4.46. The van der Waals surface area contributed by atoms with Crippen LogP contribution in [-0.2, 0) is 10.9 Å². The van der Waals surface area contributed by atoms with Gasteiger partial charge in [-0.1, -0.05) is 0 Å². The lowest BCUT2D eigenvalue weighted by Gasteiger charge is -2.13. The molecule has 0 bridgehead atoms. The van der Waals surface area contributed by atoms with Crippen molar-refractivity contribution >= 4 is 17.1 Å². The van der Waals surface area contributed by atoms with Crippen LogP contribution in [0, 0.1) is 0 Å². The summed E-state index contributed by atoms with van der Waals surface area (Å²) in [5.74, 6) is 0.680. The zero-order valence-electron chi connectivity index (χ0n) is 19.1. The molecule has 0 saturated carbocycles. The number of hydrogen-bond donors (Lipinski definition) is 0. The number of pyridine rings is 1. The summed E-state index contributed by atoms with van der Waals surface area (Å²) < 4.78 is 67.5. The number of carbonyl (C=O) groups excluding carboxylic acids is 1. The number of rotatable bonds is 6. The molecule has 0 saturated heterocycles. The standard InChI is InChI=1S/C25H20F3NO6/c1-31-20-10-14(11-21(32-2)23(20)33-3)19-12-18-22(35-19)17(5-6-29-18)13-7-15(24(30)34-4)9-16(8-13)25(26,27)28/h5-12H,1-4H3. The Morgan fingerprint density at radius 3 is 2.14 bits per heavy atom. The first-order chi connectivity index (χ1) is 16.7. The lowest BCUT2D eigenvalue weighted by Crippen LogP contribution is -2.09. The molecule has 7 nitrogen and oxygen atoms in total. The minimum absolute atomic E-state index is 0.124. The van der Waals surface area contributed by atoms with Crippen LogP contribution >= 0.6 is 0 Å². The second-order valence-corrected chi connectivity index (χ2v) is 7.39. The number of aromatic nitrogens is 1. The fourth-order valence-corrected chi connectivity index (χ4v) is 3.71. The third-order valence-corrected chi connectivity index (χ3v) is 5.35. The van der Waals surface area contributed by atoms with Crippen molar-refractivity contribution in [2.75, 3.05) is 28.4 Å². The number of esters is 1. The molecule has 0 fully saturated rings. The van der Waals surface area contributed by atoms with Gasteiger partial charge in [-0.15, -0.1) is 0 Å². The van der Waals surface area contributed by atoms with E-state index in [2.05, 4.69) is 9.72 Å². The zero-order chi connectivity index (χ0) is 25.3. The van der Waals surface area contributed by atoms with Gasteiger partial charge in [0.15, 0.2) is 17.1 Å². The summed E-state index contributed by atoms with van der Waals surface area (Å²) in [6.07, 6.45) is -3.22. The Hall–Kier alpha value is -4.21. The average Bonchev–Trinajstić information content (AvgIpc) is 3.31. The first-order valence-corrected chi connectivity index (χ1v) is 10.2. The summed E-state index contributed by atoms with van der Waals surface area (Å²) >= 11 is 0. The highest BCUT2D eigenvalue weighted by Gasteiger charge is 2.32. The minimum Gasteiger partial charge on any atom is -0.493 e. The highest BCUT2D eigenvalue weighted by Crippen LogP contribution is 2.43. The fourth-order valence-electron chi connectivity index (χ4n) is 3.71. The van der Waals surface area contributed by atoms with Gasteiger partial charge in [-0.2, -0.15) is 13.2 Å². The van der Waals surface area contributed by atoms with Crippen molar-refractivity contribution in [3.05, 3.63) is 59.8 Å². The summed E-state index contributed by atoms with van der Waals surface area (Å²) in [5, 5.41) is 0. The number of furan rings is 1. The molecule has 182 valence electrons. The van der Waals surface area contributed by atoms with E-state index in [9.17, 15) is 18.0 Å². The van der Waals surface area contributed by atoms with E-state index in [1.165, 1.54) is 39.7 Å². The van der Waals surface area contributed by atoms with Crippen LogP contribution in [0.5, 0.6) is 17.2 Å². The Labute approximate surface area is 198 Å². The van der Waals surface area contributed by atoms with E-state index >= 15 is 0 Å². The number of carbonyl (C=O) groups is 1. The van der Waals surface area contributed by atoms with Crippen LogP contribution in [0.2, 0.25) is 0 Å². The largest absolute Gasteiger partial charge is 0.493 e. The predicted molar refractivity (Wildman–Crippen MR) is 121 cm³/mol. The van der Waals surface area contributed by atoms with Gasteiger partial charge in [0, 0.05) is 23.4 Å². The summed E-state index contributed by atoms with van der Waals surface area (Å²) in [5.41, 5.74) is 0.441. The molecule has 2 aromatic carbocycles. The Morgan fingerprint density at radius 2 is 1.57 bits per heavy atom. The summed E-state index contributed by atoms with van der Waals surface area (Å²) in [7, 11) is 5.54. The third-order valence-electron chi connectivity index (χ3n) is 5.35. The van der Waals surface area contributed by atoms with Crippen molar-refractivity contribution in [3.8, 4) is 39.7 Å². The van der Waals surface area contributed by atoms with Crippen LogP contribution in [0.1, 0.15) is 15.9 Å². The SMILES string of the molecule is COC(=O)c1cc(-c2ccnc3cc(-c4cc(OC)c(OC)c(OC)c4)oc23)cc(C(F)(F)F)c1. The van der Waals surface area contributed by atoms with Gasteiger partial charge in [0.25, 0.3) is 0 Å². The van der Waals surface area contributed by atoms with Crippen molar-refractivity contribution < 1.29 is 41.3 Å². The molecule has 2 heterocycles. The lowest BCUT2D eigenvalue weighted by molar-refractivity contribution is -0.137. The second-order valence-electron chi connectivity index (χ2n) is 7.39. The fraction of sp³-hybridized carbons (Fsp3) is 0.200. The van der Waals surface area contributed by atoms with E-state index in [1.807, 2.05) is 0 Å². The van der Waals surface area contributed by atoms with Gasteiger partial charge in [0.2, 0.25) is 5.75 Å². The van der Waals surface area contributed by atoms with Crippen LogP contribution < -0.4 is 14.2 Å². The number of hydrogen-bond acceptors (Lipinski definition) is 7. The van der Waals surface area contributed by atoms with Crippen molar-refractivity contribution in [1.82, 2.24) is 4.98 Å². The number of alkyl halides is 3. The van der Waals surface area contributed by atoms with Crippen molar-refractivity contribution in [3.63, 3.8) is 0 Å². The number of methoxy groups -OCH3 is 4. The molecule has 0 atom stereocenters. The molecule has 0 aliphatic heterocycles. The molecule has 0 radical (unpaired) electrons. The van der Waals surface area contributed by atoms with Gasteiger partial charge >= 0.3 is 12.1 Å². The van der Waals surface area contributed by atoms with Gasteiger partial charge in [0.05, 0.1) is 39.6 Å². The number of fused-ring (bicyclic) bond motifs is 1. The topological polar surface area (TPSA) is 80.0 Å². The minimum atomic E-state index is -4.67. The number of ether oxygens (including phenoxy) is 4. The van der Waals surface area contributed by atoms with Gasteiger partial charge in [-0.05, 0) is 42.0 Å². The summed E-state index contributed by atoms with van der Waals surface area (Å²) in [6, 6.07) is 9.53. The van der Waals surface area contributed by atoms with Crippen molar-refractivity contribution in [2.24, 2.45) is 0 Å². The summed E-state index contributed by atoms with van der Waals surface area (Å²) in [4.78, 5) is 16.3. The maximum Gasteiger partial charge on any atom is 0.416 e. The van der Waals surface area contributed by atoms with Crippen LogP contribution in [0.3, 0.4) is 0 Å². The van der Waals surface area contributed by atoms with E-state index in [0.717, 1.165) is 19.2 Å². The molecule has 4 rings (SSSR count). The highest BCUT2D eigenvalue weighted by atomic mass is 19.4. The Bertz CT molecular complexity index is 1390. The quantitative estimate of drug-likeness (QED) is 0.309. The van der Waals surface area contributed by atoms with E-state index < -0.39 is 17.7 Å². The molecule has 4 aromatic rings. The maximum absolute atomic E-state index is 13.6. The van der Waals surface area contributed by atoms with E-state index in [1.54, 1.807) is 18.2 Å². The predicted octanol–water partition coefficient (Wildman–Crippen LogP) is 5.99. The monoisotopic (exact) mass is 487 g/mol. The Morgan fingerprint density at radius 1 is 0.886 bits per heavy atom. The number of nitrogens with zero attached hydrogens (tertiary/aromatic N) is 1. The zero-order valence-corrected chi connectivity index (χ0v) is 19.1. The van der Waals surface area contributed by atoms with Gasteiger partial charge < -0.3 is 23.4 Å². The van der Waals surface area contributed by atoms with E-state index in [4.69, 9.17) is 18.6 Å². The molecule has 2 aromatic heterocycles. The molecule has 0 spiro atoms. The van der Waals surface area contributed by atoms with Gasteiger partial charge in [0.1, 0.15) is 11.3 Å². The first kappa shape index (κ1) is 23.9. The van der Waals surface area contributed by atoms with Crippen LogP contribution in [0.15, 0.2) is 53.1 Å². The highest BCUT2D eigenvalue weighted by molar-refractivity contribution is 5.96. The normalized spacial score (nSPS) is 11.4. The van der Waals surface area contributed by atoms with Gasteiger partial charge in [-0.25, -0.2) is 4.79 Å². The molecule has 0 N–H and O–H groups in total. The van der Waals surface area contributed by atoms with Crippen molar-refractivity contribution in [1.29, 1.82) is 0 Å². The molecular weight excluding hydrogens is 467 g/mol. The molecule has 0 unspecified atom stereocenters. The summed E-state index contributed by atoms with van der Waals surface area (Å²) in [6.45, 7) is 0.